The topological polar surface area (TPSA) is 96.9 Å². The van der Waals surface area contributed by atoms with Gasteiger partial charge in [0.25, 0.3) is 0 Å². The summed E-state index contributed by atoms with van der Waals surface area (Å²) in [5.74, 6) is 0.397. The van der Waals surface area contributed by atoms with Gasteiger partial charge in [-0.15, -0.1) is 11.3 Å². The SMILES string of the molecule is COCc1[nH]nc2c1OC(N)=C(C#N)C2c1sccc1C. The number of methoxy groups -OCH3 is 1. The standard InChI is InChI=1S/C14H14N4O2S/c1-7-3-4-21-13(7)10-8(5-15)14(16)20-12-9(6-19-2)17-18-11(10)12/h3-4,10H,6,16H2,1-2H3,(H,17,18). The van der Waals surface area contributed by atoms with Crippen molar-refractivity contribution < 1.29 is 9.47 Å². The number of aryl methyl sites for hydroxylation is 1. The Kier molecular flexibility index (Phi) is 3.41. The quantitative estimate of drug-likeness (QED) is 0.905. The fraction of sp³-hybridized carbons (Fsp3) is 0.286. The highest BCUT2D eigenvalue weighted by Crippen LogP contribution is 2.44. The Morgan fingerprint density at radius 1 is 1.62 bits per heavy atom. The van der Waals surface area contributed by atoms with E-state index in [9.17, 15) is 5.26 Å². The van der Waals surface area contributed by atoms with Crippen molar-refractivity contribution in [3.8, 4) is 11.8 Å². The van der Waals surface area contributed by atoms with Crippen molar-refractivity contribution in [2.75, 3.05) is 7.11 Å². The number of rotatable bonds is 3. The van der Waals surface area contributed by atoms with Crippen LogP contribution in [0.15, 0.2) is 22.9 Å². The maximum absolute atomic E-state index is 9.43. The average molecular weight is 302 g/mol. The summed E-state index contributed by atoms with van der Waals surface area (Å²) in [6.45, 7) is 2.35. The summed E-state index contributed by atoms with van der Waals surface area (Å²) in [6.07, 6.45) is 0. The van der Waals surface area contributed by atoms with Crippen LogP contribution in [-0.2, 0) is 11.3 Å². The van der Waals surface area contributed by atoms with Gasteiger partial charge in [-0.25, -0.2) is 0 Å². The van der Waals surface area contributed by atoms with Gasteiger partial charge in [0, 0.05) is 12.0 Å². The van der Waals surface area contributed by atoms with Gasteiger partial charge in [0.05, 0.1) is 12.5 Å². The van der Waals surface area contributed by atoms with Crippen molar-refractivity contribution in [1.82, 2.24) is 10.2 Å². The summed E-state index contributed by atoms with van der Waals surface area (Å²) >= 11 is 1.58. The van der Waals surface area contributed by atoms with E-state index >= 15 is 0 Å². The van der Waals surface area contributed by atoms with Crippen molar-refractivity contribution in [3.05, 3.63) is 44.7 Å². The number of allylic oxidation sites excluding steroid dienone is 1. The Labute approximate surface area is 125 Å². The van der Waals surface area contributed by atoms with Gasteiger partial charge in [0.15, 0.2) is 5.75 Å². The Balaban J connectivity index is 2.18. The smallest absolute Gasteiger partial charge is 0.205 e. The van der Waals surface area contributed by atoms with Crippen LogP contribution in [0.25, 0.3) is 0 Å². The molecule has 0 fully saturated rings. The molecule has 1 aliphatic heterocycles. The largest absolute Gasteiger partial charge is 0.436 e. The molecule has 3 heterocycles. The van der Waals surface area contributed by atoms with Gasteiger partial charge in [-0.05, 0) is 23.9 Å². The number of H-pyrrole nitrogens is 1. The number of nitrogens with zero attached hydrogens (tertiary/aromatic N) is 2. The summed E-state index contributed by atoms with van der Waals surface area (Å²) in [4.78, 5) is 1.05. The summed E-state index contributed by atoms with van der Waals surface area (Å²) in [5, 5.41) is 18.7. The number of nitrogens with two attached hydrogens (primary N) is 1. The molecule has 7 heteroatoms. The fourth-order valence-corrected chi connectivity index (χ4v) is 3.47. The second-order valence-corrected chi connectivity index (χ2v) is 5.69. The van der Waals surface area contributed by atoms with E-state index in [4.69, 9.17) is 15.2 Å². The predicted octanol–water partition coefficient (Wildman–Crippen LogP) is 2.14. The lowest BCUT2D eigenvalue weighted by Gasteiger charge is -2.22. The van der Waals surface area contributed by atoms with Crippen LogP contribution >= 0.6 is 11.3 Å². The maximum atomic E-state index is 9.43. The molecule has 0 amide bonds. The van der Waals surface area contributed by atoms with Gasteiger partial charge in [-0.3, -0.25) is 5.10 Å². The van der Waals surface area contributed by atoms with Crippen LogP contribution < -0.4 is 10.5 Å². The van der Waals surface area contributed by atoms with E-state index in [2.05, 4.69) is 16.3 Å². The van der Waals surface area contributed by atoms with Crippen LogP contribution in [0.4, 0.5) is 0 Å². The average Bonchev–Trinajstić information content (AvgIpc) is 3.05. The molecule has 1 aliphatic rings. The zero-order chi connectivity index (χ0) is 15.0. The molecular formula is C14H14N4O2S. The highest BCUT2D eigenvalue weighted by atomic mass is 32.1. The third-order valence-corrected chi connectivity index (χ3v) is 4.51. The van der Waals surface area contributed by atoms with Gasteiger partial charge < -0.3 is 15.2 Å². The first kappa shape index (κ1) is 13.7. The number of hydrogen-bond acceptors (Lipinski definition) is 6. The first-order valence-corrected chi connectivity index (χ1v) is 7.23. The van der Waals surface area contributed by atoms with Gasteiger partial charge in [-0.1, -0.05) is 0 Å². The third-order valence-electron chi connectivity index (χ3n) is 3.43. The molecule has 0 saturated carbocycles. The third kappa shape index (κ3) is 2.09. The van der Waals surface area contributed by atoms with Crippen molar-refractivity contribution >= 4 is 11.3 Å². The Morgan fingerprint density at radius 3 is 3.05 bits per heavy atom. The molecule has 0 aromatic carbocycles. The molecular weight excluding hydrogens is 288 g/mol. The minimum absolute atomic E-state index is 0.126. The number of nitriles is 1. The molecule has 2 aromatic rings. The lowest BCUT2D eigenvalue weighted by atomic mass is 9.90. The minimum atomic E-state index is -0.291. The Morgan fingerprint density at radius 2 is 2.43 bits per heavy atom. The molecule has 0 aliphatic carbocycles. The van der Waals surface area contributed by atoms with Crippen LogP contribution in [0.1, 0.15) is 27.7 Å². The van der Waals surface area contributed by atoms with E-state index in [0.29, 0.717) is 29.3 Å². The zero-order valence-electron chi connectivity index (χ0n) is 11.6. The second-order valence-electron chi connectivity index (χ2n) is 4.74. The molecule has 0 saturated heterocycles. The first-order valence-electron chi connectivity index (χ1n) is 6.35. The number of nitrogens with one attached hydrogen (secondary N) is 1. The molecule has 0 spiro atoms. The highest BCUT2D eigenvalue weighted by molar-refractivity contribution is 7.10. The van der Waals surface area contributed by atoms with Gasteiger partial charge in [-0.2, -0.15) is 10.4 Å². The molecule has 6 nitrogen and oxygen atoms in total. The monoisotopic (exact) mass is 302 g/mol. The predicted molar refractivity (Wildman–Crippen MR) is 77.7 cm³/mol. The highest BCUT2D eigenvalue weighted by Gasteiger charge is 2.36. The molecule has 3 rings (SSSR count). The van der Waals surface area contributed by atoms with E-state index < -0.39 is 0 Å². The lowest BCUT2D eigenvalue weighted by Crippen LogP contribution is -2.21. The second kappa shape index (κ2) is 5.24. The molecule has 21 heavy (non-hydrogen) atoms. The zero-order valence-corrected chi connectivity index (χ0v) is 12.5. The van der Waals surface area contributed by atoms with Crippen LogP contribution in [-0.4, -0.2) is 17.3 Å². The Hall–Kier alpha value is -2.30. The van der Waals surface area contributed by atoms with Crippen LogP contribution in [0.3, 0.4) is 0 Å². The molecule has 1 atom stereocenters. The van der Waals surface area contributed by atoms with Crippen molar-refractivity contribution in [2.24, 2.45) is 5.73 Å². The molecule has 2 aromatic heterocycles. The number of aromatic amines is 1. The minimum Gasteiger partial charge on any atom is -0.436 e. The maximum Gasteiger partial charge on any atom is 0.205 e. The van der Waals surface area contributed by atoms with Crippen LogP contribution in [0.5, 0.6) is 5.75 Å². The van der Waals surface area contributed by atoms with E-state index in [1.54, 1.807) is 18.4 Å². The normalized spacial score (nSPS) is 17.3. The number of ether oxygens (including phenoxy) is 2. The van der Waals surface area contributed by atoms with E-state index in [1.807, 2.05) is 18.4 Å². The van der Waals surface area contributed by atoms with Crippen molar-refractivity contribution in [3.63, 3.8) is 0 Å². The first-order chi connectivity index (χ1) is 10.2. The number of aromatic nitrogens is 2. The van der Waals surface area contributed by atoms with Crippen molar-refractivity contribution in [1.29, 1.82) is 5.26 Å². The lowest BCUT2D eigenvalue weighted by molar-refractivity contribution is 0.178. The summed E-state index contributed by atoms with van der Waals surface area (Å²) in [5.41, 5.74) is 8.82. The Bertz CT molecular complexity index is 753. The van der Waals surface area contributed by atoms with Gasteiger partial charge in [0.2, 0.25) is 5.88 Å². The van der Waals surface area contributed by atoms with E-state index in [-0.39, 0.29) is 11.8 Å². The van der Waals surface area contributed by atoms with E-state index in [0.717, 1.165) is 10.4 Å². The molecule has 0 bridgehead atoms. The molecule has 3 N–H and O–H groups in total. The summed E-state index contributed by atoms with van der Waals surface area (Å²) in [7, 11) is 1.59. The number of thiophene rings is 1. The van der Waals surface area contributed by atoms with Crippen LogP contribution in [0, 0.1) is 18.3 Å². The van der Waals surface area contributed by atoms with Gasteiger partial charge in [0.1, 0.15) is 23.0 Å². The van der Waals surface area contributed by atoms with E-state index in [1.165, 1.54) is 0 Å². The van der Waals surface area contributed by atoms with Crippen LogP contribution in [0.2, 0.25) is 0 Å². The summed E-state index contributed by atoms with van der Waals surface area (Å²) < 4.78 is 10.7. The van der Waals surface area contributed by atoms with Gasteiger partial charge >= 0.3 is 0 Å². The van der Waals surface area contributed by atoms with Crippen molar-refractivity contribution in [2.45, 2.75) is 19.4 Å². The number of hydrogen-bond donors (Lipinski definition) is 2. The molecule has 1 unspecified atom stereocenters. The summed E-state index contributed by atoms with van der Waals surface area (Å²) in [6, 6.07) is 4.17. The number of fused-ring (bicyclic) bond motifs is 1. The molecule has 0 radical (unpaired) electrons. The molecule has 108 valence electrons. The fourth-order valence-electron chi connectivity index (χ4n) is 2.43.